The molecule has 1 aliphatic heterocycles. The summed E-state index contributed by atoms with van der Waals surface area (Å²) in [5.74, 6) is -2.43. The van der Waals surface area contributed by atoms with Crippen molar-refractivity contribution < 1.29 is 28.3 Å². The van der Waals surface area contributed by atoms with E-state index in [4.69, 9.17) is 4.42 Å². The van der Waals surface area contributed by atoms with E-state index in [2.05, 4.69) is 5.43 Å². The summed E-state index contributed by atoms with van der Waals surface area (Å²) in [7, 11) is 0. The number of carboxylic acid groups (broad SMARTS) is 1. The highest BCUT2D eigenvalue weighted by molar-refractivity contribution is 6.31. The average molecular weight is 391 g/mol. The monoisotopic (exact) mass is 391 g/mol. The maximum absolute atomic E-state index is 13.4. The van der Waals surface area contributed by atoms with E-state index in [1.165, 1.54) is 36.4 Å². The fourth-order valence-corrected chi connectivity index (χ4v) is 2.85. The lowest BCUT2D eigenvalue weighted by Crippen LogP contribution is -2.35. The predicted octanol–water partition coefficient (Wildman–Crippen LogP) is 1.91. The van der Waals surface area contributed by atoms with Crippen molar-refractivity contribution in [3.8, 4) is 11.3 Å². The Morgan fingerprint density at radius 1 is 1.07 bits per heavy atom. The molecular formula is C21H12FN2O5-. The van der Waals surface area contributed by atoms with E-state index in [0.29, 0.717) is 11.3 Å². The van der Waals surface area contributed by atoms with Gasteiger partial charge in [-0.2, -0.15) is 0 Å². The van der Waals surface area contributed by atoms with Crippen LogP contribution in [0.1, 0.15) is 16.1 Å². The van der Waals surface area contributed by atoms with Crippen LogP contribution in [0.15, 0.2) is 70.7 Å². The molecule has 144 valence electrons. The van der Waals surface area contributed by atoms with Crippen molar-refractivity contribution in [3.63, 3.8) is 0 Å². The van der Waals surface area contributed by atoms with Gasteiger partial charge in [0.05, 0.1) is 11.7 Å². The van der Waals surface area contributed by atoms with Crippen LogP contribution in [0.25, 0.3) is 17.4 Å². The Hall–Kier alpha value is -4.20. The number of carbonyl (C=O) groups excluding carboxylic acids is 3. The maximum Gasteiger partial charge on any atom is 0.282 e. The normalized spacial score (nSPS) is 15.1. The van der Waals surface area contributed by atoms with Gasteiger partial charge in [0.2, 0.25) is 0 Å². The number of nitrogens with zero attached hydrogens (tertiary/aromatic N) is 1. The minimum absolute atomic E-state index is 0.0355. The van der Waals surface area contributed by atoms with Crippen molar-refractivity contribution in [2.24, 2.45) is 0 Å². The standard InChI is InChI=1S/C21H13FN2O5/c22-14-2-1-3-15(10-14)24-20(26)17(19(25)23-24)11-16-8-9-18(29-16)12-4-6-13(7-5-12)21(27)28/h1-11H,(H,23,25)(H,27,28)/p-1/b17-11-. The van der Waals surface area contributed by atoms with Gasteiger partial charge in [-0.15, -0.1) is 0 Å². The Labute approximate surface area is 163 Å². The first kappa shape index (κ1) is 18.2. The van der Waals surface area contributed by atoms with Crippen LogP contribution >= 0.6 is 0 Å². The van der Waals surface area contributed by atoms with Crippen LogP contribution < -0.4 is 15.5 Å². The molecule has 0 bridgehead atoms. The predicted molar refractivity (Wildman–Crippen MR) is 98.5 cm³/mol. The summed E-state index contributed by atoms with van der Waals surface area (Å²) >= 11 is 0. The minimum atomic E-state index is -1.28. The van der Waals surface area contributed by atoms with Gasteiger partial charge in [-0.1, -0.05) is 30.3 Å². The molecule has 29 heavy (non-hydrogen) atoms. The number of furan rings is 1. The van der Waals surface area contributed by atoms with Crippen molar-refractivity contribution in [2.45, 2.75) is 0 Å². The Morgan fingerprint density at radius 3 is 2.52 bits per heavy atom. The highest BCUT2D eigenvalue weighted by Gasteiger charge is 2.34. The number of aromatic carboxylic acids is 1. The molecule has 0 saturated carbocycles. The summed E-state index contributed by atoms with van der Waals surface area (Å²) in [5.41, 5.74) is 3.06. The molecular weight excluding hydrogens is 379 g/mol. The number of hydrogen-bond donors (Lipinski definition) is 1. The molecule has 1 fully saturated rings. The Morgan fingerprint density at radius 2 is 1.83 bits per heavy atom. The van der Waals surface area contributed by atoms with Crippen LogP contribution in [0.3, 0.4) is 0 Å². The lowest BCUT2D eigenvalue weighted by molar-refractivity contribution is -0.255. The zero-order valence-electron chi connectivity index (χ0n) is 14.7. The van der Waals surface area contributed by atoms with Crippen molar-refractivity contribution in [3.05, 3.63) is 83.4 Å². The number of carbonyl (C=O) groups is 3. The first-order chi connectivity index (χ1) is 13.9. The fourth-order valence-electron chi connectivity index (χ4n) is 2.85. The molecule has 2 amide bonds. The second kappa shape index (κ2) is 7.08. The first-order valence-corrected chi connectivity index (χ1v) is 8.47. The van der Waals surface area contributed by atoms with E-state index in [1.807, 2.05) is 0 Å². The van der Waals surface area contributed by atoms with Gasteiger partial charge in [0.15, 0.2) is 0 Å². The largest absolute Gasteiger partial charge is 0.545 e. The molecule has 0 spiro atoms. The van der Waals surface area contributed by atoms with Gasteiger partial charge < -0.3 is 14.3 Å². The molecule has 8 heteroatoms. The molecule has 1 saturated heterocycles. The molecule has 0 atom stereocenters. The van der Waals surface area contributed by atoms with Gasteiger partial charge >= 0.3 is 0 Å². The molecule has 1 aromatic heterocycles. The molecule has 0 unspecified atom stereocenters. The number of rotatable bonds is 4. The lowest BCUT2D eigenvalue weighted by Gasteiger charge is -2.14. The quantitative estimate of drug-likeness (QED) is 0.541. The second-order valence-electron chi connectivity index (χ2n) is 6.19. The molecule has 1 aliphatic rings. The molecule has 0 radical (unpaired) electrons. The molecule has 4 rings (SSSR count). The third kappa shape index (κ3) is 3.51. The van der Waals surface area contributed by atoms with Crippen molar-refractivity contribution in [1.82, 2.24) is 5.43 Å². The third-order valence-corrected chi connectivity index (χ3v) is 4.28. The SMILES string of the molecule is O=C1NN(c2cccc(F)c2)C(=O)/C1=C\c1ccc(-c2ccc(C(=O)[O-])cc2)o1. The number of nitrogens with one attached hydrogen (secondary N) is 1. The van der Waals surface area contributed by atoms with Crippen LogP contribution in [-0.2, 0) is 9.59 Å². The van der Waals surface area contributed by atoms with Gasteiger partial charge in [0.25, 0.3) is 11.8 Å². The Bertz CT molecular complexity index is 1160. The zero-order chi connectivity index (χ0) is 20.5. The minimum Gasteiger partial charge on any atom is -0.545 e. The van der Waals surface area contributed by atoms with E-state index >= 15 is 0 Å². The average Bonchev–Trinajstić information content (AvgIpc) is 3.28. The summed E-state index contributed by atoms with van der Waals surface area (Å²) in [6.45, 7) is 0. The highest BCUT2D eigenvalue weighted by Crippen LogP contribution is 2.26. The van der Waals surface area contributed by atoms with Gasteiger partial charge in [0.1, 0.15) is 22.9 Å². The number of halogens is 1. The number of benzene rings is 2. The highest BCUT2D eigenvalue weighted by atomic mass is 19.1. The van der Waals surface area contributed by atoms with Crippen LogP contribution in [-0.4, -0.2) is 17.8 Å². The molecule has 2 heterocycles. The zero-order valence-corrected chi connectivity index (χ0v) is 14.7. The van der Waals surface area contributed by atoms with E-state index < -0.39 is 23.6 Å². The molecule has 0 aliphatic carbocycles. The molecule has 3 aromatic rings. The van der Waals surface area contributed by atoms with Crippen LogP contribution in [0.4, 0.5) is 10.1 Å². The van der Waals surface area contributed by atoms with E-state index in [0.717, 1.165) is 11.1 Å². The van der Waals surface area contributed by atoms with E-state index in [9.17, 15) is 23.9 Å². The smallest absolute Gasteiger partial charge is 0.282 e. The number of carboxylic acids is 1. The van der Waals surface area contributed by atoms with Crippen LogP contribution in [0.2, 0.25) is 0 Å². The summed E-state index contributed by atoms with van der Waals surface area (Å²) in [6.07, 6.45) is 1.29. The van der Waals surface area contributed by atoms with Gasteiger partial charge in [0, 0.05) is 5.56 Å². The molecule has 7 nitrogen and oxygen atoms in total. The van der Waals surface area contributed by atoms with Crippen molar-refractivity contribution in [2.75, 3.05) is 5.01 Å². The summed E-state index contributed by atoms with van der Waals surface area (Å²) in [4.78, 5) is 35.6. The third-order valence-electron chi connectivity index (χ3n) is 4.28. The fraction of sp³-hybridized carbons (Fsp3) is 0. The second-order valence-corrected chi connectivity index (χ2v) is 6.19. The van der Waals surface area contributed by atoms with Gasteiger partial charge in [-0.3, -0.25) is 15.0 Å². The van der Waals surface area contributed by atoms with Gasteiger partial charge in [-0.05, 0) is 42.0 Å². The Kier molecular flexibility index (Phi) is 4.44. The molecule has 2 aromatic carbocycles. The van der Waals surface area contributed by atoms with E-state index in [1.54, 1.807) is 24.3 Å². The number of amides is 2. The topological polar surface area (TPSA) is 103 Å². The van der Waals surface area contributed by atoms with Crippen LogP contribution in [0.5, 0.6) is 0 Å². The van der Waals surface area contributed by atoms with Gasteiger partial charge in [-0.25, -0.2) is 9.40 Å². The maximum atomic E-state index is 13.4. The number of hydrogen-bond acceptors (Lipinski definition) is 5. The molecule has 1 N–H and O–H groups in total. The number of anilines is 1. The first-order valence-electron chi connectivity index (χ1n) is 8.47. The summed E-state index contributed by atoms with van der Waals surface area (Å²) in [5, 5.41) is 11.8. The van der Waals surface area contributed by atoms with Crippen molar-refractivity contribution in [1.29, 1.82) is 0 Å². The van der Waals surface area contributed by atoms with E-state index in [-0.39, 0.29) is 22.6 Å². The lowest BCUT2D eigenvalue weighted by atomic mass is 10.1. The summed E-state index contributed by atoms with van der Waals surface area (Å²) in [6, 6.07) is 14.4. The summed E-state index contributed by atoms with van der Waals surface area (Å²) < 4.78 is 19.0. The van der Waals surface area contributed by atoms with Crippen molar-refractivity contribution >= 4 is 29.5 Å². The van der Waals surface area contributed by atoms with Crippen LogP contribution in [0, 0.1) is 5.82 Å². The Balaban J connectivity index is 1.59. The number of hydrazine groups is 1.